The second-order valence-corrected chi connectivity index (χ2v) is 3.36. The third-order valence-corrected chi connectivity index (χ3v) is 2.02. The summed E-state index contributed by atoms with van der Waals surface area (Å²) in [6.07, 6.45) is 1.25. The first-order valence-electron chi connectivity index (χ1n) is 4.94. The van der Waals surface area contributed by atoms with Crippen LogP contribution in [0.25, 0.3) is 0 Å². The summed E-state index contributed by atoms with van der Waals surface area (Å²) < 4.78 is 36.2. The van der Waals surface area contributed by atoms with Crippen molar-refractivity contribution in [2.75, 3.05) is 0 Å². The van der Waals surface area contributed by atoms with Crippen LogP contribution >= 0.6 is 0 Å². The molecule has 0 aromatic carbocycles. The molecule has 0 heterocycles. The van der Waals surface area contributed by atoms with Gasteiger partial charge in [0.05, 0.1) is 6.42 Å². The van der Waals surface area contributed by atoms with E-state index in [-0.39, 0.29) is 0 Å². The summed E-state index contributed by atoms with van der Waals surface area (Å²) >= 11 is 0. The third kappa shape index (κ3) is 8.03. The Morgan fingerprint density at radius 2 is 1.93 bits per heavy atom. The van der Waals surface area contributed by atoms with Crippen molar-refractivity contribution in [3.05, 3.63) is 36.0 Å². The van der Waals surface area contributed by atoms with Crippen molar-refractivity contribution < 1.29 is 13.2 Å². The molecule has 0 amide bonds. The highest BCUT2D eigenvalue weighted by Crippen LogP contribution is 2.26. The summed E-state index contributed by atoms with van der Waals surface area (Å²) in [6.45, 7) is 7.33. The zero-order valence-corrected chi connectivity index (χ0v) is 9.19. The summed E-state index contributed by atoms with van der Waals surface area (Å²) in [5.41, 5.74) is 1.32. The van der Waals surface area contributed by atoms with Gasteiger partial charge in [-0.05, 0) is 19.8 Å². The molecule has 0 aromatic rings. The molecule has 0 nitrogen and oxygen atoms in total. The van der Waals surface area contributed by atoms with Gasteiger partial charge in [-0.15, -0.1) is 0 Å². The lowest BCUT2D eigenvalue weighted by Crippen LogP contribution is -2.08. The van der Waals surface area contributed by atoms with Crippen molar-refractivity contribution >= 4 is 0 Å². The summed E-state index contributed by atoms with van der Waals surface area (Å²) in [5, 5.41) is 0. The fourth-order valence-electron chi connectivity index (χ4n) is 1.04. The highest BCUT2D eigenvalue weighted by atomic mass is 19.4. The molecular weight excluding hydrogens is 201 g/mol. The van der Waals surface area contributed by atoms with Gasteiger partial charge in [0, 0.05) is 0 Å². The zero-order valence-electron chi connectivity index (χ0n) is 9.19. The molecule has 0 aliphatic rings. The molecule has 3 heteroatoms. The van der Waals surface area contributed by atoms with Crippen LogP contribution in [0.5, 0.6) is 0 Å². The first-order valence-corrected chi connectivity index (χ1v) is 4.94. The third-order valence-electron chi connectivity index (χ3n) is 2.02. The molecule has 15 heavy (non-hydrogen) atoms. The number of halogens is 3. The molecule has 0 radical (unpaired) electrons. The predicted octanol–water partition coefficient (Wildman–Crippen LogP) is 4.80. The van der Waals surface area contributed by atoms with Gasteiger partial charge in [0.15, 0.2) is 0 Å². The van der Waals surface area contributed by atoms with Gasteiger partial charge in [0.1, 0.15) is 0 Å². The van der Waals surface area contributed by atoms with Crippen molar-refractivity contribution in [1.82, 2.24) is 0 Å². The maximum Gasteiger partial charge on any atom is 0.392 e. The largest absolute Gasteiger partial charge is 0.392 e. The topological polar surface area (TPSA) is 0 Å². The maximum atomic E-state index is 12.1. The van der Waals surface area contributed by atoms with Crippen molar-refractivity contribution in [2.45, 2.75) is 39.3 Å². The zero-order chi connectivity index (χ0) is 11.9. The van der Waals surface area contributed by atoms with Crippen molar-refractivity contribution in [1.29, 1.82) is 0 Å². The Morgan fingerprint density at radius 1 is 1.33 bits per heavy atom. The Labute approximate surface area is 89.2 Å². The monoisotopic (exact) mass is 218 g/mol. The molecule has 0 atom stereocenters. The van der Waals surface area contributed by atoms with E-state index in [4.69, 9.17) is 0 Å². The van der Waals surface area contributed by atoms with Crippen LogP contribution in [-0.2, 0) is 0 Å². The lowest BCUT2D eigenvalue weighted by molar-refractivity contribution is -0.127. The first-order chi connectivity index (χ1) is 6.89. The predicted molar refractivity (Wildman–Crippen MR) is 57.6 cm³/mol. The van der Waals surface area contributed by atoms with E-state index < -0.39 is 12.6 Å². The molecule has 0 fully saturated rings. The average molecular weight is 218 g/mol. The second-order valence-electron chi connectivity index (χ2n) is 3.36. The van der Waals surface area contributed by atoms with Crippen LogP contribution in [0.3, 0.4) is 0 Å². The molecule has 0 aliphatic heterocycles. The Kier molecular flexibility index (Phi) is 6.06. The van der Waals surface area contributed by atoms with Crippen LogP contribution < -0.4 is 0 Å². The van der Waals surface area contributed by atoms with Gasteiger partial charge in [-0.1, -0.05) is 42.9 Å². The number of allylic oxidation sites excluding steroid dienone is 5. The minimum atomic E-state index is -4.11. The van der Waals surface area contributed by atoms with Gasteiger partial charge < -0.3 is 0 Å². The van der Waals surface area contributed by atoms with Crippen LogP contribution in [0.15, 0.2) is 36.0 Å². The molecule has 0 spiro atoms. The van der Waals surface area contributed by atoms with E-state index in [1.807, 2.05) is 6.92 Å². The number of hydrogen-bond donors (Lipinski definition) is 0. The van der Waals surface area contributed by atoms with E-state index in [1.54, 1.807) is 19.1 Å². The molecule has 0 saturated heterocycles. The Balaban J connectivity index is 4.14. The van der Waals surface area contributed by atoms with E-state index >= 15 is 0 Å². The van der Waals surface area contributed by atoms with Gasteiger partial charge in [-0.2, -0.15) is 13.2 Å². The van der Waals surface area contributed by atoms with Crippen molar-refractivity contribution in [3.63, 3.8) is 0 Å². The SMILES string of the molecule is C=C(C=CC/C(=C\C)CC(F)(F)F)CC. The first kappa shape index (κ1) is 14.0. The van der Waals surface area contributed by atoms with E-state index in [9.17, 15) is 13.2 Å². The van der Waals surface area contributed by atoms with Crippen LogP contribution in [0.4, 0.5) is 13.2 Å². The fraction of sp³-hybridized carbons (Fsp3) is 0.500. The van der Waals surface area contributed by atoms with Crippen molar-refractivity contribution in [2.24, 2.45) is 0 Å². The summed E-state index contributed by atoms with van der Waals surface area (Å²) in [6, 6.07) is 0. The molecule has 0 aliphatic carbocycles. The average Bonchev–Trinajstić information content (AvgIpc) is 2.14. The molecule has 0 saturated carbocycles. The van der Waals surface area contributed by atoms with Gasteiger partial charge in [0.2, 0.25) is 0 Å². The standard InChI is InChI=1S/C12H17F3/c1-4-10(3)7-6-8-11(5-2)9-12(13,14)15/h5-7H,3-4,8-9H2,1-2H3/b7-6?,11-5+. The van der Waals surface area contributed by atoms with Crippen LogP contribution in [0.2, 0.25) is 0 Å². The Hall–Kier alpha value is -0.990. The lowest BCUT2D eigenvalue weighted by atomic mass is 10.1. The summed E-state index contributed by atoms with van der Waals surface area (Å²) in [7, 11) is 0. The number of alkyl halides is 3. The quantitative estimate of drug-likeness (QED) is 0.459. The van der Waals surface area contributed by atoms with Gasteiger partial charge in [0.25, 0.3) is 0 Å². The van der Waals surface area contributed by atoms with Crippen molar-refractivity contribution in [3.8, 4) is 0 Å². The molecule has 0 bridgehead atoms. The molecule has 0 unspecified atom stereocenters. The van der Waals surface area contributed by atoms with Crippen LogP contribution in [0, 0.1) is 0 Å². The maximum absolute atomic E-state index is 12.1. The molecule has 0 N–H and O–H groups in total. The minimum absolute atomic E-state index is 0.342. The van der Waals surface area contributed by atoms with Gasteiger partial charge >= 0.3 is 6.18 Å². The smallest absolute Gasteiger partial charge is 0.171 e. The Bertz CT molecular complexity index is 257. The highest BCUT2D eigenvalue weighted by Gasteiger charge is 2.27. The second kappa shape index (κ2) is 6.49. The normalized spacial score (nSPS) is 13.5. The van der Waals surface area contributed by atoms with E-state index in [1.165, 1.54) is 6.08 Å². The number of rotatable bonds is 5. The highest BCUT2D eigenvalue weighted by molar-refractivity contribution is 5.17. The van der Waals surface area contributed by atoms with Gasteiger partial charge in [-0.25, -0.2) is 0 Å². The molecule has 0 aromatic heterocycles. The van der Waals surface area contributed by atoms with Crippen LogP contribution in [0.1, 0.15) is 33.1 Å². The number of hydrogen-bond acceptors (Lipinski definition) is 0. The minimum Gasteiger partial charge on any atom is -0.171 e. The van der Waals surface area contributed by atoms with E-state index in [0.29, 0.717) is 12.0 Å². The van der Waals surface area contributed by atoms with E-state index in [0.717, 1.165) is 12.0 Å². The van der Waals surface area contributed by atoms with E-state index in [2.05, 4.69) is 6.58 Å². The summed E-state index contributed by atoms with van der Waals surface area (Å²) in [4.78, 5) is 0. The summed E-state index contributed by atoms with van der Waals surface area (Å²) in [5.74, 6) is 0. The van der Waals surface area contributed by atoms with Crippen LogP contribution in [-0.4, -0.2) is 6.18 Å². The molecule has 86 valence electrons. The molecule has 0 rings (SSSR count). The van der Waals surface area contributed by atoms with Gasteiger partial charge in [-0.3, -0.25) is 0 Å². The lowest BCUT2D eigenvalue weighted by Gasteiger charge is -2.08. The fourth-order valence-corrected chi connectivity index (χ4v) is 1.04. The Morgan fingerprint density at radius 3 is 2.33 bits per heavy atom. The molecular formula is C12H17F3.